The number of aliphatic hydroxyl groups is 10. The van der Waals surface area contributed by atoms with E-state index in [1.54, 1.807) is 0 Å². The van der Waals surface area contributed by atoms with Gasteiger partial charge in [-0.25, -0.2) is 4.79 Å². The predicted octanol–water partition coefficient (Wildman–Crippen LogP) is 1.43. The van der Waals surface area contributed by atoms with Crippen LogP contribution in [0.25, 0.3) is 11.1 Å². The third kappa shape index (κ3) is 23.0. The Morgan fingerprint density at radius 1 is 0.486 bits per heavy atom. The van der Waals surface area contributed by atoms with E-state index in [0.717, 1.165) is 130 Å². The average Bonchev–Trinajstić information content (AvgIpc) is 0.754. The molecule has 140 heavy (non-hydrogen) atoms. The standard InChI is InChI=1S/C93H103Cl2N9O36/c1-4-5-6-7-8-9-36(2)20-64(114)99-73-79(121)76(118)61(34-106)137-92(73)140-83-58-28-43-29-59(83)134-55-17-13-41(26-50(55)95)82(139-91-72(96-37(3)108)78(120)75(117)60(33-105)136-91)74-89(129)103-71(90(130)131)48-31-45(110)32-57(135-93-81(123)80(122)77(119)62(35-107)138-93)66(48)47-25-39(11-14-52(47)111)68(86(126)104-74)101-88(128)70(43)102-87(127)69-42-23-44(109)30-46(24-42)132-56-27-40(12-15-53(56)112)67(98-63(113)18-19-65(115)116)85(125)97-51(84(124)100-69)22-38-10-16-54(133-58)49(94)21-38/h10-17,21,23-32,36,51,60-62,67-82,91-93,105-107,109-112,117-123H,4-9,18-20,22,33-35H2,1-3H3,(H,96,108)(H,97,125)(H,98,113)(H,99,114)(H,100,124)(H,101,128)(H,102,127)(H,103,129)(H,104,126)(H,115,116)(H,130,131). The highest BCUT2D eigenvalue weighted by molar-refractivity contribution is 6.32. The number of carbonyl (C=O) groups excluding carboxylic acids is 9. The molecule has 47 heteroatoms. The maximum atomic E-state index is 17.1. The Morgan fingerprint density at radius 3 is 1.68 bits per heavy atom. The van der Waals surface area contributed by atoms with Crippen molar-refractivity contribution in [3.05, 3.63) is 164 Å². The molecule has 0 aliphatic carbocycles. The maximum absolute atomic E-state index is 17.1. The number of amides is 9. The van der Waals surface area contributed by atoms with Crippen molar-refractivity contribution >= 4 is 88.3 Å². The number of halogens is 2. The van der Waals surface area contributed by atoms with E-state index in [0.29, 0.717) is 6.42 Å². The highest BCUT2D eigenvalue weighted by Gasteiger charge is 2.53. The van der Waals surface area contributed by atoms with Crippen LogP contribution in [0, 0.1) is 5.92 Å². The summed E-state index contributed by atoms with van der Waals surface area (Å²) in [6, 6.07) is -1.03. The van der Waals surface area contributed by atoms with Crippen LogP contribution in [-0.2, 0) is 78.1 Å². The van der Waals surface area contributed by atoms with Crippen LogP contribution in [-0.4, -0.2) is 271 Å². The molecule has 24 atom stereocenters. The zero-order valence-electron chi connectivity index (χ0n) is 74.6. The van der Waals surface area contributed by atoms with Gasteiger partial charge in [0, 0.05) is 55.0 Å². The summed E-state index contributed by atoms with van der Waals surface area (Å²) in [5.41, 5.74) is -4.34. The van der Waals surface area contributed by atoms with Gasteiger partial charge in [-0.2, -0.15) is 0 Å². The van der Waals surface area contributed by atoms with Gasteiger partial charge >= 0.3 is 11.9 Å². The summed E-state index contributed by atoms with van der Waals surface area (Å²) >= 11 is 14.8. The van der Waals surface area contributed by atoms with E-state index in [4.69, 9.17) is 65.8 Å². The number of phenolic OH excluding ortho intramolecular Hbond substituents is 4. The first-order valence-corrected chi connectivity index (χ1v) is 45.3. The average molecular weight is 1990 g/mol. The molecule has 9 heterocycles. The van der Waals surface area contributed by atoms with Gasteiger partial charge in [0.25, 0.3) is 0 Å². The van der Waals surface area contributed by atoms with Crippen molar-refractivity contribution in [2.75, 3.05) is 19.8 Å². The number of carboxylic acid groups (broad SMARTS) is 2. The van der Waals surface area contributed by atoms with Crippen LogP contribution >= 0.6 is 23.2 Å². The molecule has 9 aliphatic rings. The molecule has 7 aromatic rings. The van der Waals surface area contributed by atoms with Crippen molar-refractivity contribution in [2.45, 2.75) is 225 Å². The quantitative estimate of drug-likeness (QED) is 0.0381. The molecule has 7 aromatic carbocycles. The minimum Gasteiger partial charge on any atom is -0.508 e. The number of hydrogen-bond donors (Lipinski definition) is 25. The molecule has 24 unspecified atom stereocenters. The Labute approximate surface area is 804 Å². The van der Waals surface area contributed by atoms with E-state index in [1.165, 1.54) is 24.3 Å². The molecular formula is C93H103Cl2N9O36. The summed E-state index contributed by atoms with van der Waals surface area (Å²) in [6.07, 6.45) is -26.4. The molecule has 0 spiro atoms. The first kappa shape index (κ1) is 103. The number of phenols is 4. The SMILES string of the molecule is CCCCCCCC(C)CC(=O)NC1C(Oc2c3cc4cc2Oc2ccc(cc2Cl)C(OC2OC(CO)C(O)C(O)C2NC(C)=O)C2NC(=O)C(NC(=O)C4NC(=O)C4NC(=O)C(Cc5ccc(c(Cl)c5)O3)NC(=O)C(NC(=O)CCC(=O)O)c3ccc(O)c(c3)Oc3cc(O)cc4c3)c3ccc(O)c(c3)-c3c(OC4OC(CO)C(O)C(O)C4O)cc(O)cc3C(C(=O)O)NC2=O)OC(CO)C(O)C1O. The molecule has 25 N–H and O–H groups in total. The van der Waals surface area contributed by atoms with Crippen molar-refractivity contribution in [1.82, 2.24) is 47.9 Å². The summed E-state index contributed by atoms with van der Waals surface area (Å²) in [7, 11) is 0. The van der Waals surface area contributed by atoms with E-state index in [2.05, 4.69) is 54.8 Å². The summed E-state index contributed by atoms with van der Waals surface area (Å²) in [5.74, 6) is -23.6. The molecule has 0 aromatic heterocycles. The van der Waals surface area contributed by atoms with Gasteiger partial charge in [-0.05, 0) is 118 Å². The van der Waals surface area contributed by atoms with Crippen LogP contribution in [0.3, 0.4) is 0 Å². The molecule has 9 amide bonds. The third-order valence-corrected chi connectivity index (χ3v) is 25.2. The number of ether oxygens (including phenoxy) is 9. The Hall–Kier alpha value is -13.1. The number of hydrogen-bond acceptors (Lipinski definition) is 34. The smallest absolute Gasteiger partial charge is 0.330 e. The minimum atomic E-state index is -2.63. The van der Waals surface area contributed by atoms with Gasteiger partial charge in [0.15, 0.2) is 35.3 Å². The summed E-state index contributed by atoms with van der Waals surface area (Å²) < 4.78 is 57.7. The van der Waals surface area contributed by atoms with E-state index < -0.39 is 358 Å². The van der Waals surface area contributed by atoms with Gasteiger partial charge in [-0.1, -0.05) is 99.8 Å². The highest BCUT2D eigenvalue weighted by atomic mass is 35.5. The summed E-state index contributed by atoms with van der Waals surface area (Å²) in [4.78, 5) is 166. The molecule has 16 rings (SSSR count). The number of unbranched alkanes of at least 4 members (excludes halogenated alkanes) is 4. The Morgan fingerprint density at radius 2 is 1.05 bits per heavy atom. The van der Waals surface area contributed by atoms with Crippen LogP contribution < -0.4 is 71.5 Å². The second-order valence-corrected chi connectivity index (χ2v) is 35.6. The fraction of sp³-hybridized carbons (Fsp3) is 0.430. The van der Waals surface area contributed by atoms with E-state index in [9.17, 15) is 106 Å². The van der Waals surface area contributed by atoms with Gasteiger partial charge in [0.1, 0.15) is 156 Å². The fourth-order valence-corrected chi connectivity index (χ4v) is 17.8. The largest absolute Gasteiger partial charge is 0.508 e. The van der Waals surface area contributed by atoms with Crippen LogP contribution in [0.5, 0.6) is 69.0 Å². The van der Waals surface area contributed by atoms with Gasteiger partial charge in [0.05, 0.1) is 36.3 Å². The van der Waals surface area contributed by atoms with Crippen LogP contribution in [0.2, 0.25) is 10.0 Å². The van der Waals surface area contributed by atoms with Gasteiger partial charge < -0.3 is 172 Å². The van der Waals surface area contributed by atoms with Crippen molar-refractivity contribution in [3.63, 3.8) is 0 Å². The molecular weight excluding hydrogens is 1890 g/mol. The van der Waals surface area contributed by atoms with Crippen LogP contribution in [0.15, 0.2) is 115 Å². The fourth-order valence-electron chi connectivity index (χ4n) is 17.4. The highest BCUT2D eigenvalue weighted by Crippen LogP contribution is 2.51. The molecule has 45 nitrogen and oxygen atoms in total. The monoisotopic (exact) mass is 1990 g/mol. The van der Waals surface area contributed by atoms with E-state index in [1.807, 2.05) is 6.92 Å². The van der Waals surface area contributed by atoms with Crippen molar-refractivity contribution in [2.24, 2.45) is 5.92 Å². The first-order valence-electron chi connectivity index (χ1n) is 44.5. The molecule has 3 fully saturated rings. The maximum Gasteiger partial charge on any atom is 0.330 e. The number of aliphatic hydroxyl groups excluding tert-OH is 10. The Bertz CT molecular complexity index is 5880. The van der Waals surface area contributed by atoms with E-state index in [-0.39, 0.29) is 28.5 Å². The lowest BCUT2D eigenvalue weighted by atomic mass is 9.89. The number of nitrogens with one attached hydrogen (secondary N) is 9. The van der Waals surface area contributed by atoms with Crippen molar-refractivity contribution in [3.8, 4) is 80.1 Å². The van der Waals surface area contributed by atoms with Crippen molar-refractivity contribution in [1.29, 1.82) is 0 Å². The lowest BCUT2D eigenvalue weighted by Gasteiger charge is -2.44. The number of fused-ring (bicyclic) bond motifs is 14. The molecule has 750 valence electrons. The van der Waals surface area contributed by atoms with Gasteiger partial charge in [0.2, 0.25) is 71.5 Å². The third-order valence-electron chi connectivity index (χ3n) is 24.6. The normalized spacial score (nSPS) is 28.0. The van der Waals surface area contributed by atoms with E-state index >= 15 is 28.8 Å². The van der Waals surface area contributed by atoms with Crippen molar-refractivity contribution < 1.29 is 177 Å². The minimum absolute atomic E-state index is 0.0642. The molecule has 9 aliphatic heterocycles. The molecule has 0 radical (unpaired) electrons. The summed E-state index contributed by atoms with van der Waals surface area (Å²) in [6.45, 7) is 1.61. The second kappa shape index (κ2) is 44.2. The number of carboxylic acids is 2. The number of aliphatic carboxylic acids is 2. The lowest BCUT2D eigenvalue weighted by Crippen LogP contribution is -2.65. The zero-order valence-corrected chi connectivity index (χ0v) is 76.1. The lowest BCUT2D eigenvalue weighted by molar-refractivity contribution is -0.284. The van der Waals surface area contributed by atoms with Gasteiger partial charge in [-0.15, -0.1) is 0 Å². The Balaban J connectivity index is 1.04. The van der Waals surface area contributed by atoms with Crippen LogP contribution in [0.4, 0.5) is 0 Å². The topological polar surface area (TPSA) is 703 Å². The number of carbonyl (C=O) groups is 11. The second-order valence-electron chi connectivity index (χ2n) is 34.8. The number of rotatable bonds is 24. The number of aromatic hydroxyl groups is 4. The van der Waals surface area contributed by atoms with Crippen LogP contribution in [0.1, 0.15) is 154 Å². The van der Waals surface area contributed by atoms with Gasteiger partial charge in [-0.3, -0.25) is 47.9 Å². The molecule has 0 saturated carbocycles. The Kier molecular flexibility index (Phi) is 32.4. The predicted molar refractivity (Wildman–Crippen MR) is 479 cm³/mol. The molecule has 17 bridgehead atoms. The zero-order chi connectivity index (χ0) is 101. The molecule has 3 saturated heterocycles. The number of benzene rings is 7. The summed E-state index contributed by atoms with van der Waals surface area (Å²) in [5, 5.41) is 203. The first-order chi connectivity index (χ1) is 66.7.